The zero-order valence-corrected chi connectivity index (χ0v) is 24.1. The van der Waals surface area contributed by atoms with E-state index in [2.05, 4.69) is 6.07 Å². The number of carbonyl (C=O) groups is 1. The van der Waals surface area contributed by atoms with Crippen LogP contribution in [0.3, 0.4) is 0 Å². The number of hydrogen-bond donors (Lipinski definition) is 0. The molecule has 0 unspecified atom stereocenters. The summed E-state index contributed by atoms with van der Waals surface area (Å²) in [5.41, 5.74) is 3.55. The lowest BCUT2D eigenvalue weighted by Gasteiger charge is -2.28. The van der Waals surface area contributed by atoms with Gasteiger partial charge in [-0.2, -0.15) is 4.31 Å². The highest BCUT2D eigenvalue weighted by molar-refractivity contribution is 7.98. The van der Waals surface area contributed by atoms with Gasteiger partial charge in [-0.05, 0) is 74.3 Å². The molecule has 3 aromatic carbocycles. The molecule has 4 aromatic rings. The van der Waals surface area contributed by atoms with Crippen LogP contribution < -0.4 is 4.90 Å². The zero-order valence-electron chi connectivity index (χ0n) is 21.6. The van der Waals surface area contributed by atoms with Crippen molar-refractivity contribution in [2.24, 2.45) is 0 Å². The Kier molecular flexibility index (Phi) is 7.88. The van der Waals surface area contributed by atoms with E-state index < -0.39 is 10.0 Å². The van der Waals surface area contributed by atoms with Gasteiger partial charge in [-0.15, -0.1) is 11.8 Å². The van der Waals surface area contributed by atoms with E-state index >= 15 is 0 Å². The van der Waals surface area contributed by atoms with Gasteiger partial charge in [0.15, 0.2) is 5.13 Å². The Morgan fingerprint density at radius 3 is 2.45 bits per heavy atom. The Labute approximate surface area is 232 Å². The van der Waals surface area contributed by atoms with Gasteiger partial charge < -0.3 is 4.90 Å². The molecule has 2 heterocycles. The van der Waals surface area contributed by atoms with Crippen molar-refractivity contribution in [3.05, 3.63) is 83.4 Å². The number of hydrogen-bond acceptors (Lipinski definition) is 7. The lowest BCUT2D eigenvalue weighted by atomic mass is 10.0. The van der Waals surface area contributed by atoms with E-state index in [-0.39, 0.29) is 10.8 Å². The van der Waals surface area contributed by atoms with Crippen molar-refractivity contribution >= 4 is 54.4 Å². The Morgan fingerprint density at radius 2 is 1.74 bits per heavy atom. The van der Waals surface area contributed by atoms with Gasteiger partial charge in [-0.1, -0.05) is 41.7 Å². The molecule has 0 saturated carbocycles. The first kappa shape index (κ1) is 26.8. The lowest BCUT2D eigenvalue weighted by Crippen LogP contribution is -2.37. The van der Waals surface area contributed by atoms with Crippen LogP contribution in [0.4, 0.5) is 5.13 Å². The normalized spacial score (nSPS) is 14.1. The molecule has 0 radical (unpaired) electrons. The van der Waals surface area contributed by atoms with Crippen molar-refractivity contribution in [3.8, 4) is 0 Å². The molecule has 1 aliphatic rings. The fourth-order valence-corrected chi connectivity index (χ4v) is 7.59. The average Bonchev–Trinajstić information content (AvgIpc) is 3.37. The van der Waals surface area contributed by atoms with Gasteiger partial charge in [0, 0.05) is 36.6 Å². The number of sulfonamides is 1. The number of aromatic nitrogens is 1. The molecule has 198 valence electrons. The van der Waals surface area contributed by atoms with Crippen LogP contribution in [0.25, 0.3) is 10.2 Å². The van der Waals surface area contributed by atoms with Crippen LogP contribution in [0.2, 0.25) is 0 Å². The van der Waals surface area contributed by atoms with Crippen LogP contribution in [0.1, 0.15) is 21.5 Å². The number of amides is 1. The number of likely N-dealkylation sites (N-methyl/N-ethyl adjacent to an activating group) is 1. The SMILES string of the molecule is CSc1cccc2sc(N(CCN(C)C)C(=O)c3ccc(S(=O)(=O)N4CCc5ccccc5C4)cc3)nc12. The molecule has 0 atom stereocenters. The second-order valence-corrected chi connectivity index (χ2v) is 13.2. The smallest absolute Gasteiger partial charge is 0.260 e. The third-order valence-electron chi connectivity index (χ3n) is 6.67. The average molecular weight is 567 g/mol. The van der Waals surface area contributed by atoms with E-state index in [1.54, 1.807) is 28.8 Å². The van der Waals surface area contributed by atoms with E-state index in [0.717, 1.165) is 20.7 Å². The third kappa shape index (κ3) is 5.37. The van der Waals surface area contributed by atoms with Gasteiger partial charge in [-0.3, -0.25) is 9.69 Å². The molecule has 0 fully saturated rings. The fraction of sp³-hybridized carbons (Fsp3) is 0.286. The first-order valence-electron chi connectivity index (χ1n) is 12.3. The van der Waals surface area contributed by atoms with Crippen molar-refractivity contribution in [3.63, 3.8) is 0 Å². The van der Waals surface area contributed by atoms with Crippen molar-refractivity contribution in [1.29, 1.82) is 0 Å². The first-order chi connectivity index (χ1) is 18.3. The molecule has 0 bridgehead atoms. The number of carbonyl (C=O) groups excluding carboxylic acids is 1. The maximum atomic E-state index is 13.7. The molecule has 0 saturated heterocycles. The van der Waals surface area contributed by atoms with Crippen LogP contribution in [0.15, 0.2) is 76.5 Å². The maximum Gasteiger partial charge on any atom is 0.260 e. The van der Waals surface area contributed by atoms with Crippen molar-refractivity contribution in [2.75, 3.05) is 44.9 Å². The molecule has 7 nitrogen and oxygen atoms in total. The summed E-state index contributed by atoms with van der Waals surface area (Å²) in [6.45, 7) is 1.93. The summed E-state index contributed by atoms with van der Waals surface area (Å²) < 4.78 is 29.3. The molecule has 1 amide bonds. The van der Waals surface area contributed by atoms with E-state index in [0.29, 0.717) is 43.3 Å². The van der Waals surface area contributed by atoms with Crippen LogP contribution in [-0.4, -0.2) is 68.5 Å². The second-order valence-electron chi connectivity index (χ2n) is 9.45. The monoisotopic (exact) mass is 566 g/mol. The Hall–Kier alpha value is -2.76. The molecular formula is C28H30N4O3S3. The predicted molar refractivity (Wildman–Crippen MR) is 156 cm³/mol. The largest absolute Gasteiger partial charge is 0.308 e. The fourth-order valence-electron chi connectivity index (χ4n) is 4.53. The summed E-state index contributed by atoms with van der Waals surface area (Å²) in [6, 6.07) is 20.3. The van der Waals surface area contributed by atoms with E-state index in [1.165, 1.54) is 33.3 Å². The van der Waals surface area contributed by atoms with Gasteiger partial charge in [0.1, 0.15) is 0 Å². The molecule has 5 rings (SSSR count). The van der Waals surface area contributed by atoms with Gasteiger partial charge in [0.05, 0.1) is 15.1 Å². The van der Waals surface area contributed by atoms with Crippen molar-refractivity contribution in [1.82, 2.24) is 14.2 Å². The van der Waals surface area contributed by atoms with Crippen LogP contribution in [-0.2, 0) is 23.0 Å². The summed E-state index contributed by atoms with van der Waals surface area (Å²) in [5.74, 6) is -0.201. The van der Waals surface area contributed by atoms with Crippen molar-refractivity contribution < 1.29 is 13.2 Å². The van der Waals surface area contributed by atoms with Crippen LogP contribution >= 0.6 is 23.1 Å². The summed E-state index contributed by atoms with van der Waals surface area (Å²) in [4.78, 5) is 23.5. The number of anilines is 1. The standard InChI is InChI=1S/C28H30N4O3S3/c1-30(2)17-18-32(28-29-26-24(36-3)9-6-10-25(26)37-28)27(33)21-11-13-23(14-12-21)38(34,35)31-16-15-20-7-4-5-8-22(20)19-31/h4-14H,15-19H2,1-3H3. The number of benzene rings is 3. The topological polar surface area (TPSA) is 73.8 Å². The van der Waals surface area contributed by atoms with E-state index in [4.69, 9.17) is 4.98 Å². The summed E-state index contributed by atoms with van der Waals surface area (Å²) in [7, 11) is 0.251. The molecule has 0 spiro atoms. The second kappa shape index (κ2) is 11.2. The molecule has 0 aliphatic carbocycles. The van der Waals surface area contributed by atoms with Gasteiger partial charge in [0.25, 0.3) is 5.91 Å². The minimum atomic E-state index is -3.68. The van der Waals surface area contributed by atoms with Crippen LogP contribution in [0, 0.1) is 0 Å². The Balaban J connectivity index is 1.41. The van der Waals surface area contributed by atoms with Crippen molar-refractivity contribution in [2.45, 2.75) is 22.8 Å². The highest BCUT2D eigenvalue weighted by Crippen LogP contribution is 2.35. The molecule has 38 heavy (non-hydrogen) atoms. The molecule has 1 aliphatic heterocycles. The Morgan fingerprint density at radius 1 is 1.00 bits per heavy atom. The maximum absolute atomic E-state index is 13.7. The van der Waals surface area contributed by atoms with Gasteiger partial charge >= 0.3 is 0 Å². The summed E-state index contributed by atoms with van der Waals surface area (Å²) in [5, 5.41) is 0.636. The Bertz CT molecular complexity index is 1570. The van der Waals surface area contributed by atoms with E-state index in [1.807, 2.05) is 61.6 Å². The molecule has 10 heteroatoms. The summed E-state index contributed by atoms with van der Waals surface area (Å²) in [6.07, 6.45) is 2.70. The van der Waals surface area contributed by atoms with Gasteiger partial charge in [0.2, 0.25) is 10.0 Å². The minimum Gasteiger partial charge on any atom is -0.308 e. The third-order valence-corrected chi connectivity index (χ3v) is 10.3. The van der Waals surface area contributed by atoms with E-state index in [9.17, 15) is 13.2 Å². The number of fused-ring (bicyclic) bond motifs is 2. The number of thiazole rings is 1. The number of rotatable bonds is 8. The lowest BCUT2D eigenvalue weighted by molar-refractivity contribution is 0.0985. The highest BCUT2D eigenvalue weighted by atomic mass is 32.2. The minimum absolute atomic E-state index is 0.192. The summed E-state index contributed by atoms with van der Waals surface area (Å²) >= 11 is 3.12. The quantitative estimate of drug-likeness (QED) is 0.280. The highest BCUT2D eigenvalue weighted by Gasteiger charge is 2.29. The molecule has 1 aromatic heterocycles. The first-order valence-corrected chi connectivity index (χ1v) is 15.8. The molecular weight excluding hydrogens is 537 g/mol. The zero-order chi connectivity index (χ0) is 26.9. The predicted octanol–water partition coefficient (Wildman–Crippen LogP) is 4.97. The molecule has 0 N–H and O–H groups in total. The van der Waals surface area contributed by atoms with Crippen LogP contribution in [0.5, 0.6) is 0 Å². The number of thioether (sulfide) groups is 1. The number of nitrogens with zero attached hydrogens (tertiary/aromatic N) is 4. The number of para-hydroxylation sites is 1. The van der Waals surface area contributed by atoms with Gasteiger partial charge in [-0.25, -0.2) is 13.4 Å².